The Morgan fingerprint density at radius 2 is 1.67 bits per heavy atom. The van der Waals surface area contributed by atoms with E-state index in [9.17, 15) is 16.8 Å². The Kier molecular flexibility index (Phi) is 4.15. The van der Waals surface area contributed by atoms with Gasteiger partial charge in [0.25, 0.3) is 10.0 Å². The third-order valence-electron chi connectivity index (χ3n) is 4.39. The maximum Gasteiger partial charge on any atom is 0.252 e. The lowest BCUT2D eigenvalue weighted by Crippen LogP contribution is -2.58. The first kappa shape index (κ1) is 15.5. The third kappa shape index (κ3) is 2.78. The quantitative estimate of drug-likeness (QED) is 0.832. The van der Waals surface area contributed by atoms with Crippen LogP contribution in [0, 0.1) is 0 Å². The van der Waals surface area contributed by atoms with Gasteiger partial charge >= 0.3 is 0 Å². The normalized spacial score (nSPS) is 23.0. The molecule has 0 bridgehead atoms. The second-order valence-electron chi connectivity index (χ2n) is 5.73. The Bertz CT molecular complexity index is 682. The SMILES string of the molecule is O=S(=O)(C1CCCCC1)C1CN(S(=O)(=O)c2cccs2)C1. The second kappa shape index (κ2) is 5.64. The Balaban J connectivity index is 1.68. The van der Waals surface area contributed by atoms with Crippen LogP contribution in [0.2, 0.25) is 0 Å². The van der Waals surface area contributed by atoms with Crippen LogP contribution in [0.5, 0.6) is 0 Å². The topological polar surface area (TPSA) is 71.5 Å². The first-order chi connectivity index (χ1) is 9.92. The van der Waals surface area contributed by atoms with E-state index in [1.54, 1.807) is 17.5 Å². The van der Waals surface area contributed by atoms with Crippen LogP contribution >= 0.6 is 11.3 Å². The highest BCUT2D eigenvalue weighted by atomic mass is 32.2. The molecule has 118 valence electrons. The van der Waals surface area contributed by atoms with Gasteiger partial charge in [0.15, 0.2) is 9.84 Å². The average Bonchev–Trinajstić information content (AvgIpc) is 2.92. The first-order valence-corrected chi connectivity index (χ1v) is 11.1. The molecule has 0 aromatic carbocycles. The minimum atomic E-state index is -3.50. The monoisotopic (exact) mass is 349 g/mol. The Morgan fingerprint density at radius 1 is 1.00 bits per heavy atom. The highest BCUT2D eigenvalue weighted by Crippen LogP contribution is 2.32. The first-order valence-electron chi connectivity index (χ1n) is 7.19. The summed E-state index contributed by atoms with van der Waals surface area (Å²) >= 11 is 1.17. The van der Waals surface area contributed by atoms with Crippen molar-refractivity contribution in [2.24, 2.45) is 0 Å². The van der Waals surface area contributed by atoms with Gasteiger partial charge in [-0.15, -0.1) is 11.3 Å². The van der Waals surface area contributed by atoms with Crippen LogP contribution in [0.25, 0.3) is 0 Å². The van der Waals surface area contributed by atoms with Crippen molar-refractivity contribution in [3.05, 3.63) is 17.5 Å². The van der Waals surface area contributed by atoms with E-state index >= 15 is 0 Å². The molecule has 5 nitrogen and oxygen atoms in total. The van der Waals surface area contributed by atoms with Crippen LogP contribution < -0.4 is 0 Å². The third-order valence-corrected chi connectivity index (χ3v) is 10.2. The van der Waals surface area contributed by atoms with Crippen molar-refractivity contribution >= 4 is 31.2 Å². The molecule has 8 heteroatoms. The molecule has 0 radical (unpaired) electrons. The standard InChI is InChI=1S/C13H19NO4S3/c15-20(16,11-5-2-1-3-6-11)12-9-14(10-12)21(17,18)13-7-4-8-19-13/h4,7-8,11-12H,1-3,5-6,9-10H2. The molecule has 0 spiro atoms. The van der Waals surface area contributed by atoms with Crippen molar-refractivity contribution in [3.8, 4) is 0 Å². The number of thiophene rings is 1. The molecule has 3 rings (SSSR count). The van der Waals surface area contributed by atoms with Gasteiger partial charge in [0.1, 0.15) is 4.21 Å². The molecular weight excluding hydrogens is 330 g/mol. The van der Waals surface area contributed by atoms with Crippen LogP contribution in [-0.4, -0.2) is 44.7 Å². The molecule has 1 aliphatic carbocycles. The molecule has 0 amide bonds. The van der Waals surface area contributed by atoms with Crippen LogP contribution in [0.15, 0.2) is 21.7 Å². The van der Waals surface area contributed by atoms with Crippen LogP contribution in [0.1, 0.15) is 32.1 Å². The van der Waals surface area contributed by atoms with Crippen LogP contribution in [0.3, 0.4) is 0 Å². The lowest BCUT2D eigenvalue weighted by Gasteiger charge is -2.39. The van der Waals surface area contributed by atoms with Crippen molar-refractivity contribution in [2.45, 2.75) is 46.8 Å². The summed E-state index contributed by atoms with van der Waals surface area (Å²) in [4.78, 5) is 0. The van der Waals surface area contributed by atoms with Gasteiger partial charge in [0.05, 0.1) is 10.5 Å². The minimum absolute atomic E-state index is 0.110. The van der Waals surface area contributed by atoms with Crippen LogP contribution in [0.4, 0.5) is 0 Å². The highest BCUT2D eigenvalue weighted by Gasteiger charge is 2.46. The smallest absolute Gasteiger partial charge is 0.228 e. The van der Waals surface area contributed by atoms with E-state index in [1.807, 2.05) is 0 Å². The second-order valence-corrected chi connectivity index (χ2v) is 11.3. The fourth-order valence-corrected chi connectivity index (χ4v) is 8.18. The summed E-state index contributed by atoms with van der Waals surface area (Å²) < 4.78 is 51.1. The van der Waals surface area contributed by atoms with Gasteiger partial charge < -0.3 is 0 Å². The van der Waals surface area contributed by atoms with E-state index in [-0.39, 0.29) is 22.5 Å². The molecule has 2 fully saturated rings. The zero-order valence-corrected chi connectivity index (χ0v) is 14.1. The molecular formula is C13H19NO4S3. The summed E-state index contributed by atoms with van der Waals surface area (Å²) in [7, 11) is -6.69. The lowest BCUT2D eigenvalue weighted by molar-refractivity contribution is 0.307. The van der Waals surface area contributed by atoms with Gasteiger partial charge in [0.2, 0.25) is 0 Å². The van der Waals surface area contributed by atoms with E-state index < -0.39 is 25.1 Å². The number of rotatable bonds is 4. The van der Waals surface area contributed by atoms with Crippen molar-refractivity contribution in [3.63, 3.8) is 0 Å². The average molecular weight is 349 g/mol. The van der Waals surface area contributed by atoms with Gasteiger partial charge in [0, 0.05) is 13.1 Å². The summed E-state index contributed by atoms with van der Waals surface area (Å²) in [6.45, 7) is 0.220. The molecule has 1 aromatic rings. The van der Waals surface area contributed by atoms with E-state index in [4.69, 9.17) is 0 Å². The number of hydrogen-bond donors (Lipinski definition) is 0. The molecule has 0 atom stereocenters. The molecule has 1 saturated carbocycles. The van der Waals surface area contributed by atoms with E-state index in [0.29, 0.717) is 0 Å². The Labute approximate surface area is 129 Å². The summed E-state index contributed by atoms with van der Waals surface area (Å²) in [6.07, 6.45) is 4.50. The van der Waals surface area contributed by atoms with Crippen LogP contribution in [-0.2, 0) is 19.9 Å². The van der Waals surface area contributed by atoms with Gasteiger partial charge in [-0.25, -0.2) is 16.8 Å². The maximum atomic E-state index is 12.5. The molecule has 1 aliphatic heterocycles. The molecule has 1 saturated heterocycles. The summed E-state index contributed by atoms with van der Waals surface area (Å²) in [5, 5.41) is 0.932. The van der Waals surface area contributed by atoms with Crippen molar-refractivity contribution in [1.29, 1.82) is 0 Å². The minimum Gasteiger partial charge on any atom is -0.228 e. The number of sulfone groups is 1. The van der Waals surface area contributed by atoms with Gasteiger partial charge in [-0.1, -0.05) is 25.3 Å². The Morgan fingerprint density at radius 3 is 2.24 bits per heavy atom. The molecule has 1 aromatic heterocycles. The fourth-order valence-electron chi connectivity index (χ4n) is 3.01. The molecule has 2 heterocycles. The Hall–Kier alpha value is -0.440. The van der Waals surface area contributed by atoms with Gasteiger partial charge in [-0.05, 0) is 24.3 Å². The molecule has 2 aliphatic rings. The number of nitrogens with zero attached hydrogens (tertiary/aromatic N) is 1. The number of hydrogen-bond acceptors (Lipinski definition) is 5. The van der Waals surface area contributed by atoms with E-state index in [0.717, 1.165) is 32.1 Å². The van der Waals surface area contributed by atoms with Crippen molar-refractivity contribution in [1.82, 2.24) is 4.31 Å². The molecule has 0 unspecified atom stereocenters. The summed E-state index contributed by atoms with van der Waals surface area (Å²) in [6, 6.07) is 3.25. The van der Waals surface area contributed by atoms with Gasteiger partial charge in [-0.3, -0.25) is 0 Å². The lowest BCUT2D eigenvalue weighted by atomic mass is 10.0. The fraction of sp³-hybridized carbons (Fsp3) is 0.692. The van der Waals surface area contributed by atoms with E-state index in [2.05, 4.69) is 0 Å². The largest absolute Gasteiger partial charge is 0.252 e. The number of sulfonamides is 1. The maximum absolute atomic E-state index is 12.5. The zero-order chi connectivity index (χ0) is 15.1. The van der Waals surface area contributed by atoms with Crippen molar-refractivity contribution < 1.29 is 16.8 Å². The predicted molar refractivity (Wildman–Crippen MR) is 82.7 cm³/mol. The predicted octanol–water partition coefficient (Wildman–Crippen LogP) is 1.87. The summed E-state index contributed by atoms with van der Waals surface area (Å²) in [5.41, 5.74) is 0. The summed E-state index contributed by atoms with van der Waals surface area (Å²) in [5.74, 6) is 0. The molecule has 0 N–H and O–H groups in total. The van der Waals surface area contributed by atoms with Gasteiger partial charge in [-0.2, -0.15) is 4.31 Å². The molecule has 21 heavy (non-hydrogen) atoms. The zero-order valence-electron chi connectivity index (χ0n) is 11.6. The van der Waals surface area contributed by atoms with Crippen molar-refractivity contribution in [2.75, 3.05) is 13.1 Å². The highest BCUT2D eigenvalue weighted by molar-refractivity contribution is 7.93. The van der Waals surface area contributed by atoms with E-state index in [1.165, 1.54) is 15.6 Å².